The second-order valence-electron chi connectivity index (χ2n) is 4.57. The molecular weight excluding hydrogens is 245 g/mol. The van der Waals surface area contributed by atoms with Crippen LogP contribution in [0.25, 0.3) is 0 Å². The Kier molecular flexibility index (Phi) is 3.64. The average Bonchev–Trinajstić information content (AvgIpc) is 2.74. The highest BCUT2D eigenvalue weighted by atomic mass is 19.1. The molecule has 0 saturated heterocycles. The topological polar surface area (TPSA) is 38.1 Å². The average molecular weight is 261 g/mol. The van der Waals surface area contributed by atoms with Crippen molar-refractivity contribution in [3.63, 3.8) is 0 Å². The molecule has 100 valence electrons. The number of Topliss-reactive ketones (excluding diaryl/α,β-unsaturated/α-hetero) is 1. The first kappa shape index (κ1) is 13.3. The Morgan fingerprint density at radius 3 is 2.79 bits per heavy atom. The molecule has 0 N–H and O–H groups in total. The lowest BCUT2D eigenvalue weighted by Crippen LogP contribution is -2.20. The van der Waals surface area contributed by atoms with Crippen molar-refractivity contribution < 1.29 is 9.18 Å². The minimum atomic E-state index is -0.390. The fraction of sp³-hybridized carbons (Fsp3) is 0.286. The van der Waals surface area contributed by atoms with Gasteiger partial charge in [0.05, 0.1) is 11.9 Å². The van der Waals surface area contributed by atoms with E-state index in [0.29, 0.717) is 17.8 Å². The third kappa shape index (κ3) is 2.81. The number of hydrogen-bond acceptors (Lipinski definition) is 3. The van der Waals surface area contributed by atoms with E-state index in [2.05, 4.69) is 5.10 Å². The summed E-state index contributed by atoms with van der Waals surface area (Å²) in [6, 6.07) is 4.55. The summed E-state index contributed by atoms with van der Waals surface area (Å²) in [5, 5.41) is 4.07. The Morgan fingerprint density at radius 1 is 1.47 bits per heavy atom. The van der Waals surface area contributed by atoms with E-state index in [4.69, 9.17) is 0 Å². The fourth-order valence-electron chi connectivity index (χ4n) is 2.09. The van der Waals surface area contributed by atoms with Gasteiger partial charge in [-0.1, -0.05) is 6.07 Å². The molecule has 5 heteroatoms. The van der Waals surface area contributed by atoms with Gasteiger partial charge in [-0.25, -0.2) is 4.39 Å². The van der Waals surface area contributed by atoms with Crippen LogP contribution in [0.3, 0.4) is 0 Å². The molecule has 0 aliphatic rings. The monoisotopic (exact) mass is 261 g/mol. The van der Waals surface area contributed by atoms with Crippen molar-refractivity contribution in [2.75, 3.05) is 11.9 Å². The van der Waals surface area contributed by atoms with E-state index in [0.717, 1.165) is 5.56 Å². The highest BCUT2D eigenvalue weighted by molar-refractivity contribution is 5.99. The Labute approximate surface area is 111 Å². The quantitative estimate of drug-likeness (QED) is 0.793. The first-order chi connectivity index (χ1) is 8.99. The summed E-state index contributed by atoms with van der Waals surface area (Å²) in [6.45, 7) is 1.94. The Morgan fingerprint density at radius 2 is 2.21 bits per heavy atom. The summed E-state index contributed by atoms with van der Waals surface area (Å²) < 4.78 is 15.6. The molecule has 0 aliphatic heterocycles. The number of aromatic nitrogens is 2. The molecule has 19 heavy (non-hydrogen) atoms. The van der Waals surface area contributed by atoms with Gasteiger partial charge in [0.25, 0.3) is 0 Å². The predicted octanol–water partition coefficient (Wildman–Crippen LogP) is 2.40. The van der Waals surface area contributed by atoms with Crippen LogP contribution >= 0.6 is 0 Å². The van der Waals surface area contributed by atoms with Gasteiger partial charge in [-0.2, -0.15) is 5.10 Å². The van der Waals surface area contributed by atoms with E-state index in [-0.39, 0.29) is 11.6 Å². The van der Waals surface area contributed by atoms with E-state index in [9.17, 15) is 9.18 Å². The van der Waals surface area contributed by atoms with E-state index in [1.807, 2.05) is 13.2 Å². The molecule has 2 rings (SSSR count). The maximum absolute atomic E-state index is 14.0. The number of carbonyl (C=O) groups excluding carboxylic acids is 1. The third-order valence-electron chi connectivity index (χ3n) is 2.93. The Balaban J connectivity index is 2.32. The molecule has 0 aliphatic carbocycles. The number of rotatable bonds is 4. The summed E-state index contributed by atoms with van der Waals surface area (Å²) >= 11 is 0. The Hall–Kier alpha value is -2.17. The van der Waals surface area contributed by atoms with Crippen molar-refractivity contribution >= 4 is 11.5 Å². The van der Waals surface area contributed by atoms with Gasteiger partial charge in [-0.15, -0.1) is 0 Å². The number of carbonyl (C=O) groups is 1. The molecule has 0 fully saturated rings. The molecule has 0 saturated carbocycles. The van der Waals surface area contributed by atoms with Gasteiger partial charge in [0.1, 0.15) is 5.82 Å². The molecule has 0 bridgehead atoms. The molecule has 0 unspecified atom stereocenters. The molecule has 1 aromatic heterocycles. The van der Waals surface area contributed by atoms with Crippen LogP contribution in [-0.4, -0.2) is 22.6 Å². The molecule has 4 nitrogen and oxygen atoms in total. The number of aryl methyl sites for hydroxylation is 1. The van der Waals surface area contributed by atoms with Gasteiger partial charge in [0.15, 0.2) is 5.78 Å². The van der Waals surface area contributed by atoms with Crippen molar-refractivity contribution in [3.8, 4) is 0 Å². The predicted molar refractivity (Wildman–Crippen MR) is 71.7 cm³/mol. The fourth-order valence-corrected chi connectivity index (χ4v) is 2.09. The van der Waals surface area contributed by atoms with E-state index < -0.39 is 0 Å². The van der Waals surface area contributed by atoms with Gasteiger partial charge in [-0.3, -0.25) is 9.48 Å². The number of halogens is 1. The first-order valence-electron chi connectivity index (χ1n) is 5.97. The molecule has 2 aromatic rings. The normalized spacial score (nSPS) is 10.5. The SMILES string of the molecule is CC(=O)c1cccc(F)c1N(C)Cc1cnn(C)c1. The van der Waals surface area contributed by atoms with Gasteiger partial charge in [-0.05, 0) is 19.1 Å². The largest absolute Gasteiger partial charge is 0.367 e. The number of benzene rings is 1. The summed E-state index contributed by atoms with van der Waals surface area (Å²) in [7, 11) is 3.59. The molecule has 0 amide bonds. The highest BCUT2D eigenvalue weighted by Gasteiger charge is 2.16. The van der Waals surface area contributed by atoms with Gasteiger partial charge in [0, 0.05) is 38.0 Å². The van der Waals surface area contributed by atoms with Crippen LogP contribution in [0.1, 0.15) is 22.8 Å². The number of hydrogen-bond donors (Lipinski definition) is 0. The molecular formula is C14H16FN3O. The number of anilines is 1. The van der Waals surface area contributed by atoms with Crippen LogP contribution in [0.2, 0.25) is 0 Å². The Bertz CT molecular complexity index is 606. The second kappa shape index (κ2) is 5.22. The van der Waals surface area contributed by atoms with Crippen LogP contribution in [0.4, 0.5) is 10.1 Å². The maximum Gasteiger partial charge on any atom is 0.161 e. The van der Waals surface area contributed by atoms with Crippen molar-refractivity contribution in [1.29, 1.82) is 0 Å². The van der Waals surface area contributed by atoms with Crippen LogP contribution in [-0.2, 0) is 13.6 Å². The molecule has 1 aromatic carbocycles. The number of ketones is 1. The summed E-state index contributed by atoms with van der Waals surface area (Å²) in [6.07, 6.45) is 3.59. The highest BCUT2D eigenvalue weighted by Crippen LogP contribution is 2.25. The van der Waals surface area contributed by atoms with E-state index in [1.54, 1.807) is 35.0 Å². The lowest BCUT2D eigenvalue weighted by Gasteiger charge is -2.21. The van der Waals surface area contributed by atoms with Gasteiger partial charge in [0.2, 0.25) is 0 Å². The zero-order chi connectivity index (χ0) is 14.0. The van der Waals surface area contributed by atoms with Gasteiger partial charge < -0.3 is 4.90 Å². The van der Waals surface area contributed by atoms with Crippen molar-refractivity contribution in [2.24, 2.45) is 7.05 Å². The van der Waals surface area contributed by atoms with Crippen LogP contribution < -0.4 is 4.90 Å². The smallest absolute Gasteiger partial charge is 0.161 e. The van der Waals surface area contributed by atoms with Crippen molar-refractivity contribution in [3.05, 3.63) is 47.5 Å². The first-order valence-corrected chi connectivity index (χ1v) is 5.97. The van der Waals surface area contributed by atoms with Crippen molar-refractivity contribution in [1.82, 2.24) is 9.78 Å². The molecule has 0 radical (unpaired) electrons. The van der Waals surface area contributed by atoms with E-state index >= 15 is 0 Å². The number of nitrogens with zero attached hydrogens (tertiary/aromatic N) is 3. The summed E-state index contributed by atoms with van der Waals surface area (Å²) in [4.78, 5) is 13.3. The minimum Gasteiger partial charge on any atom is -0.367 e. The standard InChI is InChI=1S/C14H16FN3O/c1-10(19)12-5-4-6-13(15)14(12)17(2)8-11-7-16-18(3)9-11/h4-7,9H,8H2,1-3H3. The van der Waals surface area contributed by atoms with Gasteiger partial charge >= 0.3 is 0 Å². The third-order valence-corrected chi connectivity index (χ3v) is 2.93. The maximum atomic E-state index is 14.0. The van der Waals surface area contributed by atoms with Crippen molar-refractivity contribution in [2.45, 2.75) is 13.5 Å². The summed E-state index contributed by atoms with van der Waals surface area (Å²) in [5.74, 6) is -0.536. The lowest BCUT2D eigenvalue weighted by atomic mass is 10.1. The van der Waals surface area contributed by atoms with Crippen LogP contribution in [0.5, 0.6) is 0 Å². The minimum absolute atomic E-state index is 0.146. The van der Waals surface area contributed by atoms with E-state index in [1.165, 1.54) is 13.0 Å². The molecule has 1 heterocycles. The second-order valence-corrected chi connectivity index (χ2v) is 4.57. The number of para-hydroxylation sites is 1. The van der Waals surface area contributed by atoms with Crippen LogP contribution in [0, 0.1) is 5.82 Å². The zero-order valence-electron chi connectivity index (χ0n) is 11.2. The zero-order valence-corrected chi connectivity index (χ0v) is 11.2. The molecule has 0 spiro atoms. The summed E-state index contributed by atoms with van der Waals surface area (Å²) in [5.41, 5.74) is 1.69. The van der Waals surface area contributed by atoms with Crippen LogP contribution in [0.15, 0.2) is 30.6 Å². The molecule has 0 atom stereocenters. The lowest BCUT2D eigenvalue weighted by molar-refractivity contribution is 0.101.